The van der Waals surface area contributed by atoms with Gasteiger partial charge in [0, 0.05) is 25.5 Å². The van der Waals surface area contributed by atoms with E-state index in [0.29, 0.717) is 49.1 Å². The second-order valence-corrected chi connectivity index (χ2v) is 8.91. The monoisotopic (exact) mass is 461 g/mol. The summed E-state index contributed by atoms with van der Waals surface area (Å²) in [5, 5.41) is 2.72. The molecule has 170 valence electrons. The van der Waals surface area contributed by atoms with Crippen LogP contribution in [0.4, 0.5) is 16.2 Å². The molecule has 2 aliphatic rings. The van der Waals surface area contributed by atoms with E-state index in [1.165, 1.54) is 17.0 Å². The molecule has 2 aromatic carbocycles. The lowest BCUT2D eigenvalue weighted by Crippen LogP contribution is -2.29. The fraction of sp³-hybridized carbons (Fsp3) is 0.333. The highest BCUT2D eigenvalue weighted by Crippen LogP contribution is 2.32. The third-order valence-electron chi connectivity index (χ3n) is 4.90. The van der Waals surface area contributed by atoms with Crippen molar-refractivity contribution in [3.05, 3.63) is 42.5 Å². The maximum Gasteiger partial charge on any atom is 0.414 e. The molecule has 0 atom stereocenters. The van der Waals surface area contributed by atoms with Gasteiger partial charge in [-0.15, -0.1) is 0 Å². The number of anilines is 2. The number of nitrogens with one attached hydrogen (secondary N) is 2. The number of hydrogen-bond acceptors (Lipinski definition) is 7. The molecule has 11 heteroatoms. The number of ether oxygens (including phenoxy) is 3. The summed E-state index contributed by atoms with van der Waals surface area (Å²) in [5.74, 6) is 0.480. The molecule has 4 rings (SSSR count). The Labute approximate surface area is 185 Å². The average Bonchev–Trinajstić information content (AvgIpc) is 3.05. The first-order chi connectivity index (χ1) is 15.4. The van der Waals surface area contributed by atoms with Crippen LogP contribution >= 0.6 is 0 Å². The molecule has 0 unspecified atom stereocenters. The largest absolute Gasteiger partial charge is 0.490 e. The zero-order valence-electron chi connectivity index (χ0n) is 17.2. The van der Waals surface area contributed by atoms with Gasteiger partial charge in [-0.1, -0.05) is 12.1 Å². The van der Waals surface area contributed by atoms with Gasteiger partial charge in [0.2, 0.25) is 15.9 Å². The topological polar surface area (TPSA) is 123 Å². The van der Waals surface area contributed by atoms with Crippen molar-refractivity contribution in [1.29, 1.82) is 0 Å². The summed E-state index contributed by atoms with van der Waals surface area (Å²) in [6.45, 7) is 1.52. The van der Waals surface area contributed by atoms with Crippen molar-refractivity contribution < 1.29 is 32.2 Å². The molecular weight excluding hydrogens is 438 g/mol. The summed E-state index contributed by atoms with van der Waals surface area (Å²) in [5.41, 5.74) is 0.971. The molecule has 0 spiro atoms. The van der Waals surface area contributed by atoms with E-state index in [0.717, 1.165) is 0 Å². The fourth-order valence-corrected chi connectivity index (χ4v) is 4.38. The van der Waals surface area contributed by atoms with Crippen LogP contribution in [0.15, 0.2) is 47.4 Å². The van der Waals surface area contributed by atoms with Gasteiger partial charge >= 0.3 is 6.09 Å². The summed E-state index contributed by atoms with van der Waals surface area (Å²) in [4.78, 5) is 25.7. The molecule has 0 bridgehead atoms. The highest BCUT2D eigenvalue weighted by Gasteiger charge is 2.26. The predicted octanol–water partition coefficient (Wildman–Crippen LogP) is 2.11. The number of fused-ring (bicyclic) bond motifs is 1. The minimum Gasteiger partial charge on any atom is -0.490 e. The number of carbonyl (C=O) groups excluding carboxylic acids is 2. The molecule has 10 nitrogen and oxygen atoms in total. The molecule has 2 aromatic rings. The maximum atomic E-state index is 12.6. The van der Waals surface area contributed by atoms with E-state index >= 15 is 0 Å². The maximum absolute atomic E-state index is 12.6. The van der Waals surface area contributed by atoms with Crippen LogP contribution in [0.2, 0.25) is 0 Å². The first-order valence-corrected chi connectivity index (χ1v) is 11.6. The third kappa shape index (κ3) is 4.94. The van der Waals surface area contributed by atoms with E-state index in [1.54, 1.807) is 30.3 Å². The molecule has 0 aromatic heterocycles. The van der Waals surface area contributed by atoms with Crippen LogP contribution in [0, 0.1) is 0 Å². The van der Waals surface area contributed by atoms with Crippen molar-refractivity contribution in [2.45, 2.75) is 17.7 Å². The van der Waals surface area contributed by atoms with Crippen molar-refractivity contribution >= 4 is 33.4 Å². The number of para-hydroxylation sites is 2. The van der Waals surface area contributed by atoms with Crippen LogP contribution in [0.3, 0.4) is 0 Å². The zero-order chi connectivity index (χ0) is 22.6. The van der Waals surface area contributed by atoms with Crippen molar-refractivity contribution in [2.75, 3.05) is 43.1 Å². The summed E-state index contributed by atoms with van der Waals surface area (Å²) in [6.07, 6.45) is 0.143. The second-order valence-electron chi connectivity index (χ2n) is 7.14. The molecule has 32 heavy (non-hydrogen) atoms. The lowest BCUT2D eigenvalue weighted by atomic mass is 10.2. The zero-order valence-corrected chi connectivity index (χ0v) is 18.0. The van der Waals surface area contributed by atoms with Crippen molar-refractivity contribution in [1.82, 2.24) is 4.72 Å². The number of cyclic esters (lactones) is 1. The standard InChI is InChI=1S/C21H23N3O7S/c25-20(23-16-4-1-2-5-17(16)24-10-13-31-21(24)26)8-9-22-32(27,28)15-6-7-18-19(14-15)30-12-3-11-29-18/h1-2,4-7,14,22H,3,8-13H2,(H,23,25). The molecule has 2 amide bonds. The molecule has 0 radical (unpaired) electrons. The number of carbonyl (C=O) groups is 2. The Kier molecular flexibility index (Phi) is 6.47. The third-order valence-corrected chi connectivity index (χ3v) is 6.36. The number of benzene rings is 2. The minimum atomic E-state index is -3.84. The van der Waals surface area contributed by atoms with Crippen LogP contribution in [0.5, 0.6) is 11.5 Å². The van der Waals surface area contributed by atoms with Gasteiger partial charge < -0.3 is 19.5 Å². The van der Waals surface area contributed by atoms with Gasteiger partial charge in [0.1, 0.15) is 6.61 Å². The van der Waals surface area contributed by atoms with Crippen molar-refractivity contribution in [3.63, 3.8) is 0 Å². The lowest BCUT2D eigenvalue weighted by molar-refractivity contribution is -0.116. The van der Waals surface area contributed by atoms with E-state index in [4.69, 9.17) is 14.2 Å². The van der Waals surface area contributed by atoms with E-state index in [2.05, 4.69) is 10.0 Å². The molecule has 2 heterocycles. The Morgan fingerprint density at radius 3 is 2.56 bits per heavy atom. The van der Waals surface area contributed by atoms with E-state index in [9.17, 15) is 18.0 Å². The fourth-order valence-electron chi connectivity index (χ4n) is 3.33. The molecule has 0 saturated carbocycles. The summed E-state index contributed by atoms with van der Waals surface area (Å²) in [6, 6.07) is 11.3. The Hall–Kier alpha value is -3.31. The molecular formula is C21H23N3O7S. The van der Waals surface area contributed by atoms with Crippen LogP contribution in [-0.2, 0) is 19.6 Å². The number of nitrogens with zero attached hydrogens (tertiary/aromatic N) is 1. The normalized spacial score (nSPS) is 15.8. The van der Waals surface area contributed by atoms with Crippen LogP contribution in [0.1, 0.15) is 12.8 Å². The van der Waals surface area contributed by atoms with E-state index in [1.807, 2.05) is 0 Å². The Balaban J connectivity index is 1.35. The van der Waals surface area contributed by atoms with Gasteiger partial charge in [0.25, 0.3) is 0 Å². The Bertz CT molecular complexity index is 1120. The van der Waals surface area contributed by atoms with Gasteiger partial charge in [-0.25, -0.2) is 17.9 Å². The van der Waals surface area contributed by atoms with Gasteiger partial charge in [0.05, 0.1) is 36.0 Å². The molecule has 2 N–H and O–H groups in total. The van der Waals surface area contributed by atoms with Crippen molar-refractivity contribution in [3.8, 4) is 11.5 Å². The summed E-state index contributed by atoms with van der Waals surface area (Å²) < 4.78 is 43.6. The van der Waals surface area contributed by atoms with Gasteiger partial charge in [0.15, 0.2) is 11.5 Å². The predicted molar refractivity (Wildman–Crippen MR) is 116 cm³/mol. The van der Waals surface area contributed by atoms with Gasteiger partial charge in [-0.3, -0.25) is 9.69 Å². The second kappa shape index (κ2) is 9.45. The number of amides is 2. The smallest absolute Gasteiger partial charge is 0.414 e. The van der Waals surface area contributed by atoms with Gasteiger partial charge in [-0.05, 0) is 24.3 Å². The highest BCUT2D eigenvalue weighted by atomic mass is 32.2. The molecule has 0 aliphatic carbocycles. The lowest BCUT2D eigenvalue weighted by Gasteiger charge is -2.17. The number of hydrogen-bond donors (Lipinski definition) is 2. The highest BCUT2D eigenvalue weighted by molar-refractivity contribution is 7.89. The Morgan fingerprint density at radius 1 is 1.00 bits per heavy atom. The van der Waals surface area contributed by atoms with Crippen LogP contribution in [-0.4, -0.2) is 53.3 Å². The number of sulfonamides is 1. The van der Waals surface area contributed by atoms with E-state index in [-0.39, 0.29) is 24.5 Å². The number of rotatable bonds is 7. The van der Waals surface area contributed by atoms with Crippen molar-refractivity contribution in [2.24, 2.45) is 0 Å². The first-order valence-electron chi connectivity index (χ1n) is 10.2. The average molecular weight is 461 g/mol. The molecule has 1 fully saturated rings. The van der Waals surface area contributed by atoms with E-state index < -0.39 is 22.0 Å². The quantitative estimate of drug-likeness (QED) is 0.647. The van der Waals surface area contributed by atoms with Crippen LogP contribution in [0.25, 0.3) is 0 Å². The summed E-state index contributed by atoms with van der Waals surface area (Å²) >= 11 is 0. The van der Waals surface area contributed by atoms with Gasteiger partial charge in [-0.2, -0.15) is 0 Å². The minimum absolute atomic E-state index is 0.0278. The first kappa shape index (κ1) is 21.9. The Morgan fingerprint density at radius 2 is 1.78 bits per heavy atom. The van der Waals surface area contributed by atoms with Crippen LogP contribution < -0.4 is 24.4 Å². The molecule has 2 aliphatic heterocycles. The summed E-state index contributed by atoms with van der Waals surface area (Å²) in [7, 11) is -3.84. The SMILES string of the molecule is O=C(CCNS(=O)(=O)c1ccc2c(c1)OCCCO2)Nc1ccccc1N1CCOC1=O. The molecule has 1 saturated heterocycles.